The van der Waals surface area contributed by atoms with Crippen LogP contribution in [0.2, 0.25) is 0 Å². The van der Waals surface area contributed by atoms with Crippen molar-refractivity contribution in [2.45, 2.75) is 17.8 Å². The maximum absolute atomic E-state index is 11.6. The molecular formula is C12H14BrNO2. The third-order valence-electron chi connectivity index (χ3n) is 2.72. The molecule has 1 fully saturated rings. The van der Waals surface area contributed by atoms with Crippen LogP contribution in [0.15, 0.2) is 24.3 Å². The molecule has 0 saturated carbocycles. The van der Waals surface area contributed by atoms with Gasteiger partial charge in [-0.1, -0.05) is 34.1 Å². The first-order chi connectivity index (χ1) is 7.70. The van der Waals surface area contributed by atoms with Crippen LogP contribution < -0.4 is 4.74 Å². The molecule has 1 aromatic carbocycles. The number of amides is 1. The molecule has 2 rings (SSSR count). The van der Waals surface area contributed by atoms with E-state index in [4.69, 9.17) is 4.74 Å². The van der Waals surface area contributed by atoms with Crippen molar-refractivity contribution in [3.05, 3.63) is 29.8 Å². The van der Waals surface area contributed by atoms with Crippen LogP contribution in [0.3, 0.4) is 0 Å². The van der Waals surface area contributed by atoms with E-state index in [2.05, 4.69) is 15.9 Å². The van der Waals surface area contributed by atoms with Gasteiger partial charge in [0.05, 0.1) is 7.11 Å². The van der Waals surface area contributed by atoms with Gasteiger partial charge in [-0.3, -0.25) is 4.79 Å². The van der Waals surface area contributed by atoms with Crippen molar-refractivity contribution >= 4 is 21.8 Å². The number of rotatable bonds is 3. The molecule has 4 heteroatoms. The average molecular weight is 284 g/mol. The first kappa shape index (κ1) is 11.5. The highest BCUT2D eigenvalue weighted by Gasteiger charge is 2.27. The van der Waals surface area contributed by atoms with Gasteiger partial charge in [-0.05, 0) is 6.07 Å². The Hall–Kier alpha value is -1.03. The summed E-state index contributed by atoms with van der Waals surface area (Å²) in [5, 5.41) is 0. The number of methoxy groups -OCH3 is 1. The third-order valence-corrected chi connectivity index (χ3v) is 3.33. The SMILES string of the molecule is COc1ccccc1CN1CC(Br)CC1=O. The number of para-hydroxylation sites is 1. The summed E-state index contributed by atoms with van der Waals surface area (Å²) in [6.07, 6.45) is 0.592. The number of benzene rings is 1. The summed E-state index contributed by atoms with van der Waals surface area (Å²) in [6, 6.07) is 7.81. The zero-order valence-electron chi connectivity index (χ0n) is 9.15. The van der Waals surface area contributed by atoms with Crippen LogP contribution in [0.5, 0.6) is 5.75 Å². The number of nitrogens with zero attached hydrogens (tertiary/aromatic N) is 1. The summed E-state index contributed by atoms with van der Waals surface area (Å²) in [4.78, 5) is 13.8. The molecular weight excluding hydrogens is 270 g/mol. The lowest BCUT2D eigenvalue weighted by atomic mass is 10.2. The molecule has 1 aliphatic rings. The van der Waals surface area contributed by atoms with Gasteiger partial charge in [-0.2, -0.15) is 0 Å². The van der Waals surface area contributed by atoms with Gasteiger partial charge in [0.15, 0.2) is 0 Å². The number of carbonyl (C=O) groups is 1. The van der Waals surface area contributed by atoms with Gasteiger partial charge in [-0.25, -0.2) is 0 Å². The zero-order chi connectivity index (χ0) is 11.5. The highest BCUT2D eigenvalue weighted by atomic mass is 79.9. The molecule has 16 heavy (non-hydrogen) atoms. The van der Waals surface area contributed by atoms with Crippen LogP contribution in [-0.4, -0.2) is 29.3 Å². The van der Waals surface area contributed by atoms with Crippen molar-refractivity contribution < 1.29 is 9.53 Å². The average Bonchev–Trinajstić information content (AvgIpc) is 2.58. The number of halogens is 1. The summed E-state index contributed by atoms with van der Waals surface area (Å²) < 4.78 is 5.27. The van der Waals surface area contributed by atoms with Crippen molar-refractivity contribution in [3.63, 3.8) is 0 Å². The van der Waals surface area contributed by atoms with E-state index < -0.39 is 0 Å². The number of alkyl halides is 1. The molecule has 1 heterocycles. The molecule has 0 aliphatic carbocycles. The minimum atomic E-state index is 0.202. The summed E-state index contributed by atoms with van der Waals surface area (Å²) in [5.74, 6) is 1.04. The lowest BCUT2D eigenvalue weighted by Gasteiger charge is -2.17. The van der Waals surface area contributed by atoms with Crippen LogP contribution in [0.4, 0.5) is 0 Å². The molecule has 1 atom stereocenters. The van der Waals surface area contributed by atoms with Gasteiger partial charge >= 0.3 is 0 Å². The molecule has 3 nitrogen and oxygen atoms in total. The van der Waals surface area contributed by atoms with Crippen molar-refractivity contribution in [2.24, 2.45) is 0 Å². The van der Waals surface area contributed by atoms with Gasteiger partial charge in [0.1, 0.15) is 5.75 Å². The van der Waals surface area contributed by atoms with Crippen LogP contribution in [0.1, 0.15) is 12.0 Å². The smallest absolute Gasteiger partial charge is 0.224 e. The summed E-state index contributed by atoms with van der Waals surface area (Å²) in [7, 11) is 1.65. The quantitative estimate of drug-likeness (QED) is 0.796. The van der Waals surface area contributed by atoms with Crippen LogP contribution in [0, 0.1) is 0 Å². The van der Waals surface area contributed by atoms with E-state index in [0.29, 0.717) is 13.0 Å². The van der Waals surface area contributed by atoms with Gasteiger partial charge in [-0.15, -0.1) is 0 Å². The Bertz CT molecular complexity index is 394. The molecule has 1 amide bonds. The van der Waals surface area contributed by atoms with E-state index in [9.17, 15) is 4.79 Å². The topological polar surface area (TPSA) is 29.5 Å². The number of likely N-dealkylation sites (tertiary alicyclic amines) is 1. The Morgan fingerprint density at radius 1 is 1.50 bits per heavy atom. The predicted octanol–water partition coefficient (Wildman–Crippen LogP) is 2.19. The standard InChI is InChI=1S/C12H14BrNO2/c1-16-11-5-3-2-4-9(11)7-14-8-10(13)6-12(14)15/h2-5,10H,6-8H2,1H3. The number of ether oxygens (including phenoxy) is 1. The Balaban J connectivity index is 2.12. The maximum atomic E-state index is 11.6. The lowest BCUT2D eigenvalue weighted by Crippen LogP contribution is -2.24. The predicted molar refractivity (Wildman–Crippen MR) is 65.7 cm³/mol. The first-order valence-corrected chi connectivity index (χ1v) is 6.16. The molecule has 0 bridgehead atoms. The minimum absolute atomic E-state index is 0.202. The monoisotopic (exact) mass is 283 g/mol. The Morgan fingerprint density at radius 2 is 2.25 bits per heavy atom. The third kappa shape index (κ3) is 2.38. The minimum Gasteiger partial charge on any atom is -0.496 e. The second-order valence-electron chi connectivity index (χ2n) is 3.89. The molecule has 1 aliphatic heterocycles. The fourth-order valence-corrected chi connectivity index (χ4v) is 2.54. The van der Waals surface area contributed by atoms with E-state index >= 15 is 0 Å². The van der Waals surface area contributed by atoms with Gasteiger partial charge < -0.3 is 9.64 Å². The normalized spacial score (nSPS) is 20.2. The van der Waals surface area contributed by atoms with Gasteiger partial charge in [0.2, 0.25) is 5.91 Å². The van der Waals surface area contributed by atoms with E-state index in [1.165, 1.54) is 0 Å². The largest absolute Gasteiger partial charge is 0.496 e. The van der Waals surface area contributed by atoms with Gasteiger partial charge in [0, 0.05) is 29.9 Å². The van der Waals surface area contributed by atoms with Crippen molar-refractivity contribution in [1.29, 1.82) is 0 Å². The first-order valence-electron chi connectivity index (χ1n) is 5.24. The molecule has 1 aromatic rings. The lowest BCUT2D eigenvalue weighted by molar-refractivity contribution is -0.128. The van der Waals surface area contributed by atoms with Gasteiger partial charge in [0.25, 0.3) is 0 Å². The van der Waals surface area contributed by atoms with Crippen molar-refractivity contribution in [2.75, 3.05) is 13.7 Å². The van der Waals surface area contributed by atoms with Crippen LogP contribution in [0.25, 0.3) is 0 Å². The highest BCUT2D eigenvalue weighted by molar-refractivity contribution is 9.09. The number of hydrogen-bond donors (Lipinski definition) is 0. The fourth-order valence-electron chi connectivity index (χ4n) is 1.92. The molecule has 86 valence electrons. The molecule has 0 N–H and O–H groups in total. The Labute approximate surface area is 104 Å². The Kier molecular flexibility index (Phi) is 3.49. The van der Waals surface area contributed by atoms with Crippen LogP contribution in [-0.2, 0) is 11.3 Å². The van der Waals surface area contributed by atoms with Crippen molar-refractivity contribution in [3.8, 4) is 5.75 Å². The fraction of sp³-hybridized carbons (Fsp3) is 0.417. The van der Waals surface area contributed by atoms with Crippen LogP contribution >= 0.6 is 15.9 Å². The highest BCUT2D eigenvalue weighted by Crippen LogP contribution is 2.24. The van der Waals surface area contributed by atoms with E-state index in [1.54, 1.807) is 7.11 Å². The molecule has 0 spiro atoms. The second kappa shape index (κ2) is 4.87. The maximum Gasteiger partial charge on any atom is 0.224 e. The summed E-state index contributed by atoms with van der Waals surface area (Å²) in [6.45, 7) is 1.40. The van der Waals surface area contributed by atoms with E-state index in [0.717, 1.165) is 17.9 Å². The van der Waals surface area contributed by atoms with Crippen molar-refractivity contribution in [1.82, 2.24) is 4.90 Å². The molecule has 1 saturated heterocycles. The number of hydrogen-bond acceptors (Lipinski definition) is 2. The molecule has 1 unspecified atom stereocenters. The zero-order valence-corrected chi connectivity index (χ0v) is 10.7. The Morgan fingerprint density at radius 3 is 2.88 bits per heavy atom. The second-order valence-corrected chi connectivity index (χ2v) is 5.18. The molecule has 0 aromatic heterocycles. The number of carbonyl (C=O) groups excluding carboxylic acids is 1. The van der Waals surface area contributed by atoms with E-state index in [-0.39, 0.29) is 10.7 Å². The summed E-state index contributed by atoms with van der Waals surface area (Å²) in [5.41, 5.74) is 1.06. The van der Waals surface area contributed by atoms with E-state index in [1.807, 2.05) is 29.2 Å². The summed E-state index contributed by atoms with van der Waals surface area (Å²) >= 11 is 3.47. The molecule has 0 radical (unpaired) electrons.